The van der Waals surface area contributed by atoms with Crippen molar-refractivity contribution in [1.29, 1.82) is 0 Å². The van der Waals surface area contributed by atoms with Gasteiger partial charge in [-0.1, -0.05) is 84.0 Å². The third-order valence-electron chi connectivity index (χ3n) is 8.49. The molecule has 7 aromatic rings. The van der Waals surface area contributed by atoms with E-state index in [1.807, 2.05) is 0 Å². The van der Waals surface area contributed by atoms with Crippen LogP contribution in [0.3, 0.4) is 0 Å². The first kappa shape index (κ1) is 23.5. The average Bonchev–Trinajstić information content (AvgIpc) is 3.17. The van der Waals surface area contributed by atoms with E-state index < -0.39 is 0 Å². The Kier molecular flexibility index (Phi) is 4.61. The van der Waals surface area contributed by atoms with Gasteiger partial charge in [-0.05, 0) is 69.2 Å². The fourth-order valence-electron chi connectivity index (χ4n) is 7.12. The molecule has 0 amide bonds. The van der Waals surface area contributed by atoms with E-state index >= 15 is 0 Å². The lowest BCUT2D eigenvalue weighted by Gasteiger charge is -2.26. The molecule has 190 valence electrons. The number of hydrogen-bond donors (Lipinski definition) is 0. The van der Waals surface area contributed by atoms with Crippen LogP contribution in [0.15, 0.2) is 66.9 Å². The number of aromatic nitrogens is 2. The molecule has 0 radical (unpaired) electrons. The van der Waals surface area contributed by atoms with E-state index in [0.29, 0.717) is 0 Å². The van der Waals surface area contributed by atoms with Crippen molar-refractivity contribution in [1.82, 2.24) is 4.40 Å². The second-order valence-electron chi connectivity index (χ2n) is 13.6. The van der Waals surface area contributed by atoms with Crippen LogP contribution in [-0.2, 0) is 18.9 Å². The van der Waals surface area contributed by atoms with Crippen LogP contribution in [0.2, 0.25) is 0 Å². The molecule has 4 aromatic carbocycles. The number of rotatable bonds is 1. The molecule has 0 aliphatic rings. The van der Waals surface area contributed by atoms with Gasteiger partial charge in [-0.3, -0.25) is 0 Å². The highest BCUT2D eigenvalue weighted by molar-refractivity contribution is 6.29. The Morgan fingerprint density at radius 3 is 2.18 bits per heavy atom. The molecule has 0 bridgehead atoms. The highest BCUT2D eigenvalue weighted by atomic mass is 15.0. The summed E-state index contributed by atoms with van der Waals surface area (Å²) in [4.78, 5) is 0. The first-order valence-electron chi connectivity index (χ1n) is 13.9. The zero-order valence-electron chi connectivity index (χ0n) is 24.0. The van der Waals surface area contributed by atoms with Crippen LogP contribution in [0, 0.1) is 12.3 Å². The van der Waals surface area contributed by atoms with Crippen LogP contribution in [0.4, 0.5) is 0 Å². The molecule has 0 saturated carbocycles. The van der Waals surface area contributed by atoms with Crippen LogP contribution in [0.25, 0.3) is 59.8 Å². The van der Waals surface area contributed by atoms with Gasteiger partial charge in [0.25, 0.3) is 0 Å². The van der Waals surface area contributed by atoms with Gasteiger partial charge in [-0.2, -0.15) is 0 Å². The van der Waals surface area contributed by atoms with E-state index in [9.17, 15) is 0 Å². The maximum Gasteiger partial charge on any atom is 0.224 e. The molecule has 7 rings (SSSR count). The molecule has 0 atom stereocenters. The quantitative estimate of drug-likeness (QED) is 0.121. The minimum atomic E-state index is -0.0365. The topological polar surface area (TPSA) is 8.29 Å². The summed E-state index contributed by atoms with van der Waals surface area (Å²) in [6.07, 6.45) is 3.30. The lowest BCUT2D eigenvalue weighted by molar-refractivity contribution is -0.643. The number of nitrogens with zero attached hydrogens (tertiary/aromatic N) is 2. The van der Waals surface area contributed by atoms with Crippen molar-refractivity contribution in [2.75, 3.05) is 0 Å². The van der Waals surface area contributed by atoms with Crippen LogP contribution < -0.4 is 4.57 Å². The van der Waals surface area contributed by atoms with Crippen molar-refractivity contribution in [2.24, 2.45) is 12.5 Å². The van der Waals surface area contributed by atoms with Gasteiger partial charge in [0.05, 0.1) is 27.3 Å². The van der Waals surface area contributed by atoms with E-state index in [1.54, 1.807) is 0 Å². The van der Waals surface area contributed by atoms with Gasteiger partial charge in [0.15, 0.2) is 6.20 Å². The minimum Gasteiger partial charge on any atom is -0.307 e. The van der Waals surface area contributed by atoms with Gasteiger partial charge >= 0.3 is 0 Å². The number of benzene rings is 4. The molecule has 3 aromatic heterocycles. The van der Waals surface area contributed by atoms with Crippen molar-refractivity contribution < 1.29 is 4.57 Å². The first-order valence-corrected chi connectivity index (χ1v) is 13.9. The van der Waals surface area contributed by atoms with Crippen molar-refractivity contribution in [3.8, 4) is 0 Å². The lowest BCUT2D eigenvalue weighted by atomic mass is 9.80. The summed E-state index contributed by atoms with van der Waals surface area (Å²) >= 11 is 0. The monoisotopic (exact) mass is 497 g/mol. The molecule has 2 heteroatoms. The smallest absolute Gasteiger partial charge is 0.224 e. The largest absolute Gasteiger partial charge is 0.307 e. The first-order chi connectivity index (χ1) is 18.0. The molecule has 0 N–H and O–H groups in total. The fourth-order valence-corrected chi connectivity index (χ4v) is 7.12. The number of pyridine rings is 2. The minimum absolute atomic E-state index is 0.0365. The molecular formula is C36H37N2+. The molecule has 38 heavy (non-hydrogen) atoms. The molecule has 0 aliphatic heterocycles. The zero-order valence-corrected chi connectivity index (χ0v) is 24.0. The van der Waals surface area contributed by atoms with Gasteiger partial charge in [-0.15, -0.1) is 0 Å². The maximum absolute atomic E-state index is 2.62. The Morgan fingerprint density at radius 2 is 1.47 bits per heavy atom. The van der Waals surface area contributed by atoms with Gasteiger partial charge in [0, 0.05) is 16.8 Å². The lowest BCUT2D eigenvalue weighted by Crippen LogP contribution is -2.29. The summed E-state index contributed by atoms with van der Waals surface area (Å²) in [6.45, 7) is 16.4. The van der Waals surface area contributed by atoms with Crippen molar-refractivity contribution >= 4 is 59.8 Å². The summed E-state index contributed by atoms with van der Waals surface area (Å²) in [6, 6.07) is 23.2. The molecule has 0 spiro atoms. The van der Waals surface area contributed by atoms with Crippen LogP contribution in [-0.4, -0.2) is 4.40 Å². The van der Waals surface area contributed by atoms with Crippen LogP contribution in [0.5, 0.6) is 0 Å². The summed E-state index contributed by atoms with van der Waals surface area (Å²) in [7, 11) is 2.21. The summed E-state index contributed by atoms with van der Waals surface area (Å²) < 4.78 is 4.97. The highest BCUT2D eigenvalue weighted by Crippen LogP contribution is 2.46. The second-order valence-corrected chi connectivity index (χ2v) is 13.6. The van der Waals surface area contributed by atoms with Gasteiger partial charge in [-0.25, -0.2) is 4.57 Å². The van der Waals surface area contributed by atoms with Crippen LogP contribution >= 0.6 is 0 Å². The molecule has 3 heterocycles. The number of fused-ring (bicyclic) bond motifs is 7. The highest BCUT2D eigenvalue weighted by Gasteiger charge is 2.30. The van der Waals surface area contributed by atoms with E-state index in [-0.39, 0.29) is 10.8 Å². The summed E-state index contributed by atoms with van der Waals surface area (Å²) in [5.74, 6) is 0. The number of aryl methyl sites for hydroxylation is 2. The standard InChI is InChI=1S/C36H37N2/c1-21-24-11-9-10-12-25(24)31(36(5,6)7)34-29(21)33-30-23(17-18-37(33)8)14-15-26-27-19-22(20-35(2,3)4)13-16-28(27)38(34)32(26)30/h9-19H,20H2,1-8H3/q+1. The third-order valence-corrected chi connectivity index (χ3v) is 8.49. The van der Waals surface area contributed by atoms with Crippen LogP contribution in [0.1, 0.15) is 58.2 Å². The van der Waals surface area contributed by atoms with Crippen molar-refractivity contribution in [2.45, 2.75) is 60.3 Å². The Morgan fingerprint density at radius 1 is 0.737 bits per heavy atom. The predicted octanol–water partition coefficient (Wildman–Crippen LogP) is 9.16. The molecule has 2 nitrogen and oxygen atoms in total. The fraction of sp³-hybridized carbons (Fsp3) is 0.306. The molecule has 0 fully saturated rings. The van der Waals surface area contributed by atoms with Crippen molar-refractivity contribution in [3.05, 3.63) is 83.6 Å². The van der Waals surface area contributed by atoms with E-state index in [0.717, 1.165) is 6.42 Å². The Labute approximate surface area is 224 Å². The predicted molar refractivity (Wildman–Crippen MR) is 164 cm³/mol. The zero-order chi connectivity index (χ0) is 26.7. The van der Waals surface area contributed by atoms with Gasteiger partial charge < -0.3 is 4.40 Å². The summed E-state index contributed by atoms with van der Waals surface area (Å²) in [5.41, 5.74) is 9.77. The molecule has 0 unspecified atom stereocenters. The Bertz CT molecular complexity index is 2070. The van der Waals surface area contributed by atoms with Gasteiger partial charge in [0.2, 0.25) is 5.52 Å². The molecule has 0 aliphatic carbocycles. The maximum atomic E-state index is 2.62. The molecular weight excluding hydrogens is 460 g/mol. The van der Waals surface area contributed by atoms with E-state index in [2.05, 4.69) is 131 Å². The average molecular weight is 498 g/mol. The van der Waals surface area contributed by atoms with Gasteiger partial charge in [0.1, 0.15) is 7.05 Å². The van der Waals surface area contributed by atoms with E-state index in [4.69, 9.17) is 0 Å². The number of hydrogen-bond acceptors (Lipinski definition) is 0. The normalized spacial score (nSPS) is 13.4. The second kappa shape index (κ2) is 7.47. The summed E-state index contributed by atoms with van der Waals surface area (Å²) in [5, 5.41) is 9.48. The Balaban J connectivity index is 1.86. The van der Waals surface area contributed by atoms with E-state index in [1.165, 1.54) is 76.5 Å². The van der Waals surface area contributed by atoms with Crippen molar-refractivity contribution in [3.63, 3.8) is 0 Å². The third kappa shape index (κ3) is 3.10. The SMILES string of the molecule is Cc1c2ccccc2c(C(C)(C)C)c2c1c1c3c(ccc4c5cc(CC(C)(C)C)ccc5n2c43)cc[n+]1C. The Hall–Kier alpha value is -3.65. The molecule has 0 saturated heterocycles.